The number of piperidine rings is 1. The van der Waals surface area contributed by atoms with Crippen molar-refractivity contribution in [2.45, 2.75) is 32.2 Å². The maximum Gasteiger partial charge on any atom is 0.261 e. The normalized spacial score (nSPS) is 21.6. The van der Waals surface area contributed by atoms with Gasteiger partial charge in [0, 0.05) is 12.6 Å². The van der Waals surface area contributed by atoms with Crippen molar-refractivity contribution in [2.75, 3.05) is 32.8 Å². The van der Waals surface area contributed by atoms with Gasteiger partial charge in [0.1, 0.15) is 6.61 Å². The lowest BCUT2D eigenvalue weighted by Crippen LogP contribution is -2.41. The van der Waals surface area contributed by atoms with Gasteiger partial charge in [-0.15, -0.1) is 0 Å². The van der Waals surface area contributed by atoms with Gasteiger partial charge in [-0.3, -0.25) is 0 Å². The maximum atomic E-state index is 11.8. The van der Waals surface area contributed by atoms with Crippen molar-refractivity contribution in [3.05, 3.63) is 0 Å². The predicted octanol–water partition coefficient (Wildman–Crippen LogP) is 1.33. The second-order valence-electron chi connectivity index (χ2n) is 4.50. The van der Waals surface area contributed by atoms with E-state index in [0.717, 1.165) is 32.5 Å². The summed E-state index contributed by atoms with van der Waals surface area (Å²) in [5.74, 6) is 0.609. The van der Waals surface area contributed by atoms with E-state index in [1.165, 1.54) is 0 Å². The molecule has 1 aliphatic rings. The summed E-state index contributed by atoms with van der Waals surface area (Å²) >= 11 is 0. The van der Waals surface area contributed by atoms with Gasteiger partial charge in [0.05, 0.1) is 6.61 Å². The van der Waals surface area contributed by atoms with Crippen molar-refractivity contribution >= 4 is 0 Å². The fraction of sp³-hybridized carbons (Fsp3) is 1.00. The fourth-order valence-electron chi connectivity index (χ4n) is 2.07. The Labute approximate surface area is 95.9 Å². The molecule has 0 aromatic rings. The number of ether oxygens (including phenoxy) is 1. The summed E-state index contributed by atoms with van der Waals surface area (Å²) < 4.78 is 28.4. The predicted molar refractivity (Wildman–Crippen MR) is 59.6 cm³/mol. The van der Waals surface area contributed by atoms with Crippen molar-refractivity contribution in [3.8, 4) is 0 Å². The molecule has 5 heteroatoms. The number of hydrogen-bond acceptors (Lipinski definition) is 3. The second kappa shape index (κ2) is 7.14. The average molecular weight is 236 g/mol. The Morgan fingerprint density at radius 1 is 1.38 bits per heavy atom. The van der Waals surface area contributed by atoms with Crippen LogP contribution in [0.25, 0.3) is 0 Å². The van der Waals surface area contributed by atoms with E-state index < -0.39 is 13.0 Å². The third kappa shape index (κ3) is 5.18. The van der Waals surface area contributed by atoms with Gasteiger partial charge in [-0.1, -0.05) is 0 Å². The molecule has 2 N–H and O–H groups in total. The molecule has 0 spiro atoms. The maximum absolute atomic E-state index is 11.8. The molecule has 1 atom stereocenters. The highest BCUT2D eigenvalue weighted by molar-refractivity contribution is 4.77. The van der Waals surface area contributed by atoms with E-state index in [2.05, 4.69) is 4.90 Å². The molecule has 1 saturated heterocycles. The Balaban J connectivity index is 2.04. The molecule has 1 aliphatic heterocycles. The SMILES string of the molecule is CC(N)C1CCN(CCOCC(F)F)CC1. The van der Waals surface area contributed by atoms with E-state index in [-0.39, 0.29) is 6.04 Å². The van der Waals surface area contributed by atoms with Crippen LogP contribution in [0.5, 0.6) is 0 Å². The molecule has 0 aliphatic carbocycles. The highest BCUT2D eigenvalue weighted by Crippen LogP contribution is 2.18. The first-order valence-corrected chi connectivity index (χ1v) is 5.93. The summed E-state index contributed by atoms with van der Waals surface area (Å²) in [4.78, 5) is 2.25. The Kier molecular flexibility index (Phi) is 6.16. The van der Waals surface area contributed by atoms with Crippen LogP contribution in [-0.4, -0.2) is 50.2 Å². The van der Waals surface area contributed by atoms with E-state index in [9.17, 15) is 8.78 Å². The van der Waals surface area contributed by atoms with Crippen molar-refractivity contribution < 1.29 is 13.5 Å². The Morgan fingerprint density at radius 2 is 2.00 bits per heavy atom. The van der Waals surface area contributed by atoms with Gasteiger partial charge in [-0.25, -0.2) is 8.78 Å². The topological polar surface area (TPSA) is 38.5 Å². The quantitative estimate of drug-likeness (QED) is 0.707. The lowest BCUT2D eigenvalue weighted by molar-refractivity contribution is 0.00669. The third-order valence-electron chi connectivity index (χ3n) is 3.17. The van der Waals surface area contributed by atoms with Crippen molar-refractivity contribution in [2.24, 2.45) is 11.7 Å². The summed E-state index contributed by atoms with van der Waals surface area (Å²) in [6.45, 7) is 4.75. The first-order valence-electron chi connectivity index (χ1n) is 5.93. The molecule has 0 radical (unpaired) electrons. The molecule has 0 amide bonds. The zero-order valence-electron chi connectivity index (χ0n) is 9.87. The van der Waals surface area contributed by atoms with Crippen molar-refractivity contribution in [3.63, 3.8) is 0 Å². The van der Waals surface area contributed by atoms with Crippen LogP contribution in [0.2, 0.25) is 0 Å². The standard InChI is InChI=1S/C11H22F2N2O/c1-9(14)10-2-4-15(5-3-10)6-7-16-8-11(12)13/h9-11H,2-8,14H2,1H3. The number of nitrogens with two attached hydrogens (primary N) is 1. The summed E-state index contributed by atoms with van der Waals surface area (Å²) in [5.41, 5.74) is 5.84. The number of likely N-dealkylation sites (tertiary alicyclic amines) is 1. The van der Waals surface area contributed by atoms with E-state index >= 15 is 0 Å². The van der Waals surface area contributed by atoms with E-state index in [1.807, 2.05) is 6.92 Å². The minimum absolute atomic E-state index is 0.261. The number of nitrogens with zero attached hydrogens (tertiary/aromatic N) is 1. The van der Waals surface area contributed by atoms with Crippen LogP contribution in [-0.2, 0) is 4.74 Å². The van der Waals surface area contributed by atoms with Gasteiger partial charge >= 0.3 is 0 Å². The van der Waals surface area contributed by atoms with Crippen LogP contribution >= 0.6 is 0 Å². The van der Waals surface area contributed by atoms with Gasteiger partial charge in [0.15, 0.2) is 0 Å². The highest BCUT2D eigenvalue weighted by atomic mass is 19.3. The fourth-order valence-corrected chi connectivity index (χ4v) is 2.07. The summed E-state index contributed by atoms with van der Waals surface area (Å²) in [6.07, 6.45) is -0.150. The molecular weight excluding hydrogens is 214 g/mol. The van der Waals surface area contributed by atoms with Gasteiger partial charge in [0.25, 0.3) is 6.43 Å². The van der Waals surface area contributed by atoms with Gasteiger partial charge in [-0.05, 0) is 38.8 Å². The van der Waals surface area contributed by atoms with E-state index in [4.69, 9.17) is 10.5 Å². The molecule has 1 heterocycles. The van der Waals surface area contributed by atoms with Crippen LogP contribution < -0.4 is 5.73 Å². The Bertz CT molecular complexity index is 183. The van der Waals surface area contributed by atoms with Gasteiger partial charge in [-0.2, -0.15) is 0 Å². The first kappa shape index (κ1) is 13.8. The molecule has 0 aromatic heterocycles. The van der Waals surface area contributed by atoms with Crippen LogP contribution in [0.4, 0.5) is 8.78 Å². The number of halogens is 2. The molecule has 0 bridgehead atoms. The van der Waals surface area contributed by atoms with Crippen LogP contribution in [0.3, 0.4) is 0 Å². The lowest BCUT2D eigenvalue weighted by atomic mass is 9.91. The largest absolute Gasteiger partial charge is 0.374 e. The minimum atomic E-state index is -2.36. The molecule has 1 rings (SSSR count). The van der Waals surface area contributed by atoms with Gasteiger partial charge in [0.2, 0.25) is 0 Å². The second-order valence-corrected chi connectivity index (χ2v) is 4.50. The van der Waals surface area contributed by atoms with Crippen molar-refractivity contribution in [1.82, 2.24) is 4.90 Å². The number of hydrogen-bond donors (Lipinski definition) is 1. The molecule has 0 saturated carbocycles. The Hall–Kier alpha value is -0.260. The van der Waals surface area contributed by atoms with Crippen LogP contribution in [0.15, 0.2) is 0 Å². The molecule has 3 nitrogen and oxygen atoms in total. The summed E-state index contributed by atoms with van der Waals surface area (Å²) in [5, 5.41) is 0. The molecule has 1 fully saturated rings. The molecule has 1 unspecified atom stereocenters. The van der Waals surface area contributed by atoms with Crippen LogP contribution in [0, 0.1) is 5.92 Å². The minimum Gasteiger partial charge on any atom is -0.374 e. The highest BCUT2D eigenvalue weighted by Gasteiger charge is 2.21. The Morgan fingerprint density at radius 3 is 2.50 bits per heavy atom. The zero-order valence-corrected chi connectivity index (χ0v) is 9.87. The first-order chi connectivity index (χ1) is 7.59. The average Bonchev–Trinajstić information content (AvgIpc) is 2.25. The van der Waals surface area contributed by atoms with Crippen LogP contribution in [0.1, 0.15) is 19.8 Å². The molecular formula is C11H22F2N2O. The molecule has 96 valence electrons. The zero-order chi connectivity index (χ0) is 12.0. The monoisotopic (exact) mass is 236 g/mol. The number of alkyl halides is 2. The van der Waals surface area contributed by atoms with Gasteiger partial charge < -0.3 is 15.4 Å². The number of rotatable bonds is 6. The molecule has 16 heavy (non-hydrogen) atoms. The van der Waals surface area contributed by atoms with Crippen molar-refractivity contribution in [1.29, 1.82) is 0 Å². The smallest absolute Gasteiger partial charge is 0.261 e. The molecule has 0 aromatic carbocycles. The van der Waals surface area contributed by atoms with E-state index in [0.29, 0.717) is 12.5 Å². The lowest BCUT2D eigenvalue weighted by Gasteiger charge is -2.33. The summed E-state index contributed by atoms with van der Waals surface area (Å²) in [7, 11) is 0. The van der Waals surface area contributed by atoms with E-state index in [1.54, 1.807) is 0 Å². The summed E-state index contributed by atoms with van der Waals surface area (Å²) in [6, 6.07) is 0.261. The third-order valence-corrected chi connectivity index (χ3v) is 3.17.